The Balaban J connectivity index is 1.96. The molecule has 0 bridgehead atoms. The first kappa shape index (κ1) is 16.2. The Morgan fingerprint density at radius 2 is 2.10 bits per heavy atom. The summed E-state index contributed by atoms with van der Waals surface area (Å²) in [4.78, 5) is 12.3. The summed E-state index contributed by atoms with van der Waals surface area (Å²) in [5, 5.41) is 3.72. The lowest BCUT2D eigenvalue weighted by atomic mass is 9.79. The van der Waals surface area contributed by atoms with Crippen LogP contribution >= 0.6 is 11.6 Å². The first-order chi connectivity index (χ1) is 10.0. The van der Waals surface area contributed by atoms with Crippen LogP contribution in [0, 0.1) is 11.8 Å². The van der Waals surface area contributed by atoms with Crippen LogP contribution in [0.15, 0.2) is 18.2 Å². The van der Waals surface area contributed by atoms with E-state index >= 15 is 0 Å². The quantitative estimate of drug-likeness (QED) is 0.918. The fourth-order valence-corrected chi connectivity index (χ4v) is 3.25. The van der Waals surface area contributed by atoms with Crippen LogP contribution in [0.4, 0.5) is 0 Å². The van der Waals surface area contributed by atoms with Gasteiger partial charge in [0.2, 0.25) is 5.91 Å². The number of carbonyl (C=O) groups excluding carboxylic acids is 1. The van der Waals surface area contributed by atoms with Crippen molar-refractivity contribution in [3.05, 3.63) is 28.8 Å². The van der Waals surface area contributed by atoms with Crippen molar-refractivity contribution >= 4 is 17.5 Å². The summed E-state index contributed by atoms with van der Waals surface area (Å²) >= 11 is 6.18. The summed E-state index contributed by atoms with van der Waals surface area (Å²) in [6.07, 6.45) is 3.58. The van der Waals surface area contributed by atoms with Crippen molar-refractivity contribution in [3.8, 4) is 5.75 Å². The fourth-order valence-electron chi connectivity index (χ4n) is 3.02. The Labute approximate surface area is 132 Å². The van der Waals surface area contributed by atoms with E-state index in [1.807, 2.05) is 12.1 Å². The number of halogens is 1. The van der Waals surface area contributed by atoms with E-state index in [4.69, 9.17) is 16.3 Å². The zero-order valence-electron chi connectivity index (χ0n) is 13.0. The lowest BCUT2D eigenvalue weighted by Crippen LogP contribution is -2.40. The molecule has 1 aromatic rings. The number of ether oxygens (including phenoxy) is 1. The van der Waals surface area contributed by atoms with Crippen LogP contribution in [-0.4, -0.2) is 19.1 Å². The summed E-state index contributed by atoms with van der Waals surface area (Å²) in [5.74, 6) is 2.11. The monoisotopic (exact) mass is 309 g/mol. The van der Waals surface area contributed by atoms with Crippen molar-refractivity contribution in [1.82, 2.24) is 5.32 Å². The Morgan fingerprint density at radius 1 is 1.33 bits per heavy atom. The van der Waals surface area contributed by atoms with Gasteiger partial charge in [0.25, 0.3) is 0 Å². The van der Waals surface area contributed by atoms with Gasteiger partial charge in [-0.05, 0) is 43.2 Å². The second-order valence-corrected chi connectivity index (χ2v) is 6.54. The minimum atomic E-state index is 0.0214. The number of amides is 1. The number of benzene rings is 1. The molecular weight excluding hydrogens is 286 g/mol. The Morgan fingerprint density at radius 3 is 2.76 bits per heavy atom. The van der Waals surface area contributed by atoms with Crippen molar-refractivity contribution in [2.45, 2.75) is 45.6 Å². The third-order valence-corrected chi connectivity index (χ3v) is 4.95. The molecule has 3 nitrogen and oxygen atoms in total. The maximum Gasteiger partial charge on any atom is 0.224 e. The van der Waals surface area contributed by atoms with Gasteiger partial charge in [-0.1, -0.05) is 31.5 Å². The molecule has 2 rings (SSSR count). The van der Waals surface area contributed by atoms with Crippen LogP contribution in [0.3, 0.4) is 0 Å². The number of nitrogens with one attached hydrogen (secondary N) is 1. The molecule has 3 atom stereocenters. The van der Waals surface area contributed by atoms with Gasteiger partial charge < -0.3 is 10.1 Å². The molecule has 0 aliphatic heterocycles. The topological polar surface area (TPSA) is 38.3 Å². The molecule has 0 aromatic heterocycles. The highest BCUT2D eigenvalue weighted by molar-refractivity contribution is 6.31. The zero-order chi connectivity index (χ0) is 15.4. The summed E-state index contributed by atoms with van der Waals surface area (Å²) in [5.41, 5.74) is 0.761. The molecule has 116 valence electrons. The van der Waals surface area contributed by atoms with E-state index in [0.717, 1.165) is 24.3 Å². The molecule has 1 N–H and O–H groups in total. The van der Waals surface area contributed by atoms with E-state index in [0.29, 0.717) is 16.7 Å². The van der Waals surface area contributed by atoms with Gasteiger partial charge in [-0.15, -0.1) is 0 Å². The lowest BCUT2D eigenvalue weighted by molar-refractivity contribution is -0.121. The maximum absolute atomic E-state index is 12.3. The first-order valence-electron chi connectivity index (χ1n) is 7.62. The lowest BCUT2D eigenvalue weighted by Gasteiger charge is -2.32. The smallest absolute Gasteiger partial charge is 0.224 e. The van der Waals surface area contributed by atoms with Gasteiger partial charge in [0.15, 0.2) is 0 Å². The number of hydrogen-bond donors (Lipinski definition) is 1. The van der Waals surface area contributed by atoms with Gasteiger partial charge in [-0.3, -0.25) is 4.79 Å². The van der Waals surface area contributed by atoms with Gasteiger partial charge in [-0.2, -0.15) is 0 Å². The van der Waals surface area contributed by atoms with Gasteiger partial charge in [0.05, 0.1) is 13.5 Å². The fraction of sp³-hybridized carbons (Fsp3) is 0.588. The minimum absolute atomic E-state index is 0.0214. The second kappa shape index (κ2) is 7.17. The van der Waals surface area contributed by atoms with Gasteiger partial charge in [-0.25, -0.2) is 0 Å². The average Bonchev–Trinajstić information content (AvgIpc) is 2.45. The van der Waals surface area contributed by atoms with E-state index in [1.165, 1.54) is 6.42 Å². The average molecular weight is 310 g/mol. The number of carbonyl (C=O) groups is 1. The molecule has 1 aromatic carbocycles. The predicted molar refractivity (Wildman–Crippen MR) is 85.8 cm³/mol. The van der Waals surface area contributed by atoms with Crippen LogP contribution in [-0.2, 0) is 11.2 Å². The highest BCUT2D eigenvalue weighted by Crippen LogP contribution is 2.30. The molecule has 1 saturated carbocycles. The molecular formula is C17H24ClNO2. The van der Waals surface area contributed by atoms with E-state index in [2.05, 4.69) is 19.2 Å². The molecule has 3 unspecified atom stereocenters. The number of methoxy groups -OCH3 is 1. The maximum atomic E-state index is 12.3. The van der Waals surface area contributed by atoms with Crippen molar-refractivity contribution in [3.63, 3.8) is 0 Å². The SMILES string of the molecule is COc1cccc(Cl)c1CC(=O)NC1CCC(C)C(C)C1. The standard InChI is InChI=1S/C17H24ClNO2/c1-11-7-8-13(9-12(11)2)19-17(20)10-14-15(18)5-4-6-16(14)21-3/h4-6,11-13H,7-10H2,1-3H3,(H,19,20). The third-order valence-electron chi connectivity index (χ3n) is 4.60. The van der Waals surface area contributed by atoms with Crippen molar-refractivity contribution in [2.24, 2.45) is 11.8 Å². The first-order valence-corrected chi connectivity index (χ1v) is 7.99. The Bertz CT molecular complexity index is 504. The van der Waals surface area contributed by atoms with Crippen molar-refractivity contribution < 1.29 is 9.53 Å². The molecule has 0 heterocycles. The number of rotatable bonds is 4. The van der Waals surface area contributed by atoms with Gasteiger partial charge >= 0.3 is 0 Å². The summed E-state index contributed by atoms with van der Waals surface area (Å²) in [6, 6.07) is 5.74. The van der Waals surface area contributed by atoms with Gasteiger partial charge in [0, 0.05) is 16.6 Å². The molecule has 1 fully saturated rings. The summed E-state index contributed by atoms with van der Waals surface area (Å²) < 4.78 is 5.28. The van der Waals surface area contributed by atoms with Crippen molar-refractivity contribution in [2.75, 3.05) is 7.11 Å². The largest absolute Gasteiger partial charge is 0.496 e. The molecule has 1 aliphatic rings. The summed E-state index contributed by atoms with van der Waals surface area (Å²) in [6.45, 7) is 4.55. The minimum Gasteiger partial charge on any atom is -0.496 e. The Kier molecular flexibility index (Phi) is 5.51. The van der Waals surface area contributed by atoms with E-state index in [1.54, 1.807) is 13.2 Å². The molecule has 21 heavy (non-hydrogen) atoms. The molecule has 1 aliphatic carbocycles. The zero-order valence-corrected chi connectivity index (χ0v) is 13.7. The molecule has 1 amide bonds. The normalized spacial score (nSPS) is 25.4. The van der Waals surface area contributed by atoms with E-state index in [-0.39, 0.29) is 18.4 Å². The molecule has 0 saturated heterocycles. The second-order valence-electron chi connectivity index (χ2n) is 6.13. The summed E-state index contributed by atoms with van der Waals surface area (Å²) in [7, 11) is 1.59. The van der Waals surface area contributed by atoms with Crippen LogP contribution < -0.4 is 10.1 Å². The number of hydrogen-bond acceptors (Lipinski definition) is 2. The van der Waals surface area contributed by atoms with Gasteiger partial charge in [0.1, 0.15) is 5.75 Å². The van der Waals surface area contributed by atoms with Crippen molar-refractivity contribution in [1.29, 1.82) is 0 Å². The van der Waals surface area contributed by atoms with Crippen LogP contribution in [0.25, 0.3) is 0 Å². The van der Waals surface area contributed by atoms with E-state index < -0.39 is 0 Å². The predicted octanol–water partition coefficient (Wildman–Crippen LogP) is 3.83. The van der Waals surface area contributed by atoms with Crippen LogP contribution in [0.5, 0.6) is 5.75 Å². The Hall–Kier alpha value is -1.22. The van der Waals surface area contributed by atoms with E-state index in [9.17, 15) is 4.79 Å². The van der Waals surface area contributed by atoms with Crippen LogP contribution in [0.2, 0.25) is 5.02 Å². The molecule has 4 heteroatoms. The highest BCUT2D eigenvalue weighted by Gasteiger charge is 2.25. The van der Waals surface area contributed by atoms with Crippen LogP contribution in [0.1, 0.15) is 38.7 Å². The molecule has 0 spiro atoms. The highest BCUT2D eigenvalue weighted by atomic mass is 35.5. The molecule has 0 radical (unpaired) electrons. The third kappa shape index (κ3) is 4.13.